The van der Waals surface area contributed by atoms with Gasteiger partial charge in [0.25, 0.3) is 11.9 Å². The molecule has 164 valence electrons. The molecule has 0 spiro atoms. The smallest absolute Gasteiger partial charge is 0.259 e. The van der Waals surface area contributed by atoms with Gasteiger partial charge >= 0.3 is 0 Å². The molecular formula is C21H19ClN6O3S. The number of aromatic nitrogens is 4. The fraction of sp³-hybridized carbons (Fsp3) is 0.238. The van der Waals surface area contributed by atoms with Crippen molar-refractivity contribution in [2.75, 3.05) is 18.4 Å². The summed E-state index contributed by atoms with van der Waals surface area (Å²) in [6, 6.07) is 11.6. The lowest BCUT2D eigenvalue weighted by molar-refractivity contribution is 0.102. The van der Waals surface area contributed by atoms with Crippen LogP contribution in [0.1, 0.15) is 23.2 Å². The van der Waals surface area contributed by atoms with Gasteiger partial charge in [-0.1, -0.05) is 23.7 Å². The molecule has 0 aliphatic carbocycles. The number of nitrogens with one attached hydrogen (secondary N) is 1. The van der Waals surface area contributed by atoms with E-state index in [1.165, 1.54) is 4.31 Å². The largest absolute Gasteiger partial charge is 0.327 e. The van der Waals surface area contributed by atoms with Crippen LogP contribution in [0.25, 0.3) is 22.1 Å². The van der Waals surface area contributed by atoms with E-state index in [2.05, 4.69) is 20.5 Å². The average Bonchev–Trinajstić information content (AvgIpc) is 3.42. The number of sulfonamides is 1. The summed E-state index contributed by atoms with van der Waals surface area (Å²) in [6.45, 7) is 1.07. The second-order valence-electron chi connectivity index (χ2n) is 7.59. The van der Waals surface area contributed by atoms with Crippen molar-refractivity contribution < 1.29 is 13.2 Å². The van der Waals surface area contributed by atoms with Gasteiger partial charge in [-0.05, 0) is 43.2 Å². The lowest BCUT2D eigenvalue weighted by Crippen LogP contribution is -2.27. The van der Waals surface area contributed by atoms with Crippen LogP contribution >= 0.6 is 11.6 Å². The fourth-order valence-corrected chi connectivity index (χ4v) is 5.71. The molecule has 3 heterocycles. The molecule has 4 aromatic rings. The molecule has 11 heteroatoms. The van der Waals surface area contributed by atoms with Crippen LogP contribution in [-0.2, 0) is 17.1 Å². The molecule has 9 nitrogen and oxygen atoms in total. The zero-order chi connectivity index (χ0) is 22.5. The molecule has 2 aromatic heterocycles. The van der Waals surface area contributed by atoms with E-state index in [-0.39, 0.29) is 10.8 Å². The number of hydrogen-bond acceptors (Lipinski definition) is 6. The Hall–Kier alpha value is -3.08. The van der Waals surface area contributed by atoms with Crippen LogP contribution in [0, 0.1) is 0 Å². The molecule has 2 aromatic carbocycles. The number of amides is 1. The summed E-state index contributed by atoms with van der Waals surface area (Å²) < 4.78 is 29.2. The summed E-state index contributed by atoms with van der Waals surface area (Å²) in [4.78, 5) is 17.2. The number of carbonyl (C=O) groups is 1. The average molecular weight is 471 g/mol. The topological polar surface area (TPSA) is 110 Å². The van der Waals surface area contributed by atoms with Crippen molar-refractivity contribution in [2.45, 2.75) is 17.7 Å². The van der Waals surface area contributed by atoms with E-state index in [4.69, 9.17) is 11.6 Å². The van der Waals surface area contributed by atoms with Gasteiger partial charge < -0.3 is 4.57 Å². The highest BCUT2D eigenvalue weighted by Gasteiger charge is 2.28. The number of fused-ring (bicyclic) bond motifs is 3. The number of carbonyl (C=O) groups excluding carboxylic acids is 1. The molecule has 1 saturated heterocycles. The second-order valence-corrected chi connectivity index (χ2v) is 9.94. The molecule has 0 saturated carbocycles. The predicted octanol–water partition coefficient (Wildman–Crippen LogP) is 3.21. The van der Waals surface area contributed by atoms with Gasteiger partial charge in [0, 0.05) is 25.5 Å². The molecule has 1 aliphatic heterocycles. The van der Waals surface area contributed by atoms with Gasteiger partial charge in [0.15, 0.2) is 5.65 Å². The van der Waals surface area contributed by atoms with Crippen molar-refractivity contribution in [3.63, 3.8) is 0 Å². The van der Waals surface area contributed by atoms with Crippen LogP contribution in [0.15, 0.2) is 47.4 Å². The van der Waals surface area contributed by atoms with Crippen LogP contribution in [0.2, 0.25) is 5.02 Å². The molecule has 1 N–H and O–H groups in total. The van der Waals surface area contributed by atoms with Gasteiger partial charge in [-0.2, -0.15) is 9.29 Å². The Morgan fingerprint density at radius 2 is 1.84 bits per heavy atom. The Kier molecular flexibility index (Phi) is 5.07. The standard InChI is InChI=1S/C21H19ClN6O3S/c1-27-17-9-8-13(32(30,31)28-10-4-5-11-28)12-15(17)18-19(27)23-21(26-25-18)24-20(29)14-6-2-3-7-16(14)22/h2-3,6-9,12H,4-5,10-11H2,1H3,(H,23,24,26,29). The van der Waals surface area contributed by atoms with Crippen molar-refractivity contribution in [2.24, 2.45) is 7.05 Å². The first-order chi connectivity index (χ1) is 15.4. The Labute approximate surface area is 189 Å². The molecule has 1 fully saturated rings. The number of nitrogens with zero attached hydrogens (tertiary/aromatic N) is 5. The molecular weight excluding hydrogens is 452 g/mol. The summed E-state index contributed by atoms with van der Waals surface area (Å²) in [5.41, 5.74) is 1.99. The van der Waals surface area contributed by atoms with E-state index in [9.17, 15) is 13.2 Å². The number of benzene rings is 2. The Morgan fingerprint density at radius 3 is 2.59 bits per heavy atom. The van der Waals surface area contributed by atoms with Crippen molar-refractivity contribution in [3.8, 4) is 0 Å². The third-order valence-corrected chi connectivity index (χ3v) is 7.84. The van der Waals surface area contributed by atoms with Crippen molar-refractivity contribution in [1.29, 1.82) is 0 Å². The Morgan fingerprint density at radius 1 is 1.09 bits per heavy atom. The molecule has 0 atom stereocenters. The minimum absolute atomic E-state index is 0.0261. The van der Waals surface area contributed by atoms with Crippen LogP contribution < -0.4 is 5.32 Å². The lowest BCUT2D eigenvalue weighted by Gasteiger charge is -2.15. The van der Waals surface area contributed by atoms with E-state index in [1.807, 2.05) is 0 Å². The van der Waals surface area contributed by atoms with Crippen molar-refractivity contribution in [1.82, 2.24) is 24.1 Å². The minimum atomic E-state index is -3.56. The van der Waals surface area contributed by atoms with Crippen molar-refractivity contribution in [3.05, 3.63) is 53.1 Å². The van der Waals surface area contributed by atoms with Gasteiger partial charge in [-0.3, -0.25) is 10.1 Å². The summed E-state index contributed by atoms with van der Waals surface area (Å²) in [6.07, 6.45) is 1.74. The third-order valence-electron chi connectivity index (χ3n) is 5.62. The van der Waals surface area contributed by atoms with Crippen molar-refractivity contribution >= 4 is 55.5 Å². The Bertz CT molecular complexity index is 1480. The molecule has 0 unspecified atom stereocenters. The maximum atomic E-state index is 13.0. The quantitative estimate of drug-likeness (QED) is 0.490. The summed E-state index contributed by atoms with van der Waals surface area (Å²) in [5.74, 6) is -0.423. The number of aryl methyl sites for hydroxylation is 1. The summed E-state index contributed by atoms with van der Waals surface area (Å²) in [5, 5.41) is 11.8. The zero-order valence-electron chi connectivity index (χ0n) is 17.1. The highest BCUT2D eigenvalue weighted by molar-refractivity contribution is 7.89. The first-order valence-corrected chi connectivity index (χ1v) is 11.9. The molecule has 0 radical (unpaired) electrons. The second kappa shape index (κ2) is 7.80. The highest BCUT2D eigenvalue weighted by Crippen LogP contribution is 2.30. The maximum absolute atomic E-state index is 13.0. The van der Waals surface area contributed by atoms with Gasteiger partial charge in [0.05, 0.1) is 21.0 Å². The first-order valence-electron chi connectivity index (χ1n) is 10.0. The summed E-state index contributed by atoms with van der Waals surface area (Å²) >= 11 is 6.08. The van der Waals surface area contributed by atoms with Gasteiger partial charge in [-0.25, -0.2) is 8.42 Å². The molecule has 32 heavy (non-hydrogen) atoms. The zero-order valence-corrected chi connectivity index (χ0v) is 18.7. The Balaban J connectivity index is 1.54. The third kappa shape index (κ3) is 3.40. The normalized spacial score (nSPS) is 14.9. The lowest BCUT2D eigenvalue weighted by atomic mass is 10.2. The van der Waals surface area contributed by atoms with E-state index in [0.717, 1.165) is 18.4 Å². The number of hydrogen-bond donors (Lipinski definition) is 1. The number of halogens is 1. The van der Waals surface area contributed by atoms with Gasteiger partial charge in [0.2, 0.25) is 10.0 Å². The van der Waals surface area contributed by atoms with Crippen LogP contribution in [0.4, 0.5) is 5.95 Å². The fourth-order valence-electron chi connectivity index (χ4n) is 3.94. The number of anilines is 1. The van der Waals surface area contributed by atoms with Crippen LogP contribution in [0.5, 0.6) is 0 Å². The van der Waals surface area contributed by atoms with Crippen LogP contribution in [0.3, 0.4) is 0 Å². The molecule has 1 amide bonds. The van der Waals surface area contributed by atoms with Gasteiger partial charge in [0.1, 0.15) is 5.52 Å². The predicted molar refractivity (Wildman–Crippen MR) is 121 cm³/mol. The molecule has 5 rings (SSSR count). The minimum Gasteiger partial charge on any atom is -0.327 e. The first kappa shape index (κ1) is 20.8. The maximum Gasteiger partial charge on any atom is 0.259 e. The highest BCUT2D eigenvalue weighted by atomic mass is 35.5. The summed E-state index contributed by atoms with van der Waals surface area (Å²) in [7, 11) is -1.76. The SMILES string of the molecule is Cn1c2ccc(S(=O)(=O)N3CCCC3)cc2c2nnc(NC(=O)c3ccccc3Cl)nc21. The monoisotopic (exact) mass is 470 g/mol. The van der Waals surface area contributed by atoms with E-state index in [1.54, 1.807) is 54.1 Å². The van der Waals surface area contributed by atoms with Crippen LogP contribution in [-0.4, -0.2) is 51.5 Å². The van der Waals surface area contributed by atoms with Gasteiger partial charge in [-0.15, -0.1) is 10.2 Å². The van der Waals surface area contributed by atoms with E-state index in [0.29, 0.717) is 40.2 Å². The molecule has 0 bridgehead atoms. The number of rotatable bonds is 4. The van der Waals surface area contributed by atoms with E-state index >= 15 is 0 Å². The van der Waals surface area contributed by atoms with E-state index < -0.39 is 15.9 Å². The molecule has 1 aliphatic rings.